The summed E-state index contributed by atoms with van der Waals surface area (Å²) in [5.41, 5.74) is 3.35. The first-order chi connectivity index (χ1) is 10.2. The van der Waals surface area contributed by atoms with Crippen molar-refractivity contribution in [1.29, 1.82) is 0 Å². The Labute approximate surface area is 124 Å². The van der Waals surface area contributed by atoms with Crippen molar-refractivity contribution in [3.05, 3.63) is 35.8 Å². The normalized spacial score (nSPS) is 10.5. The number of benzene rings is 1. The maximum atomic E-state index is 9.20. The molecular formula is C16H20N2O3. The van der Waals surface area contributed by atoms with Crippen LogP contribution in [0.1, 0.15) is 24.6 Å². The zero-order valence-corrected chi connectivity index (χ0v) is 12.6. The first-order valence-corrected chi connectivity index (χ1v) is 6.90. The first kappa shape index (κ1) is 15.3. The molecule has 0 spiro atoms. The Morgan fingerprint density at radius 1 is 1.10 bits per heavy atom. The van der Waals surface area contributed by atoms with Crippen molar-refractivity contribution in [3.63, 3.8) is 0 Å². The fraction of sp³-hybridized carbons (Fsp3) is 0.375. The van der Waals surface area contributed by atoms with Crippen molar-refractivity contribution in [3.8, 4) is 22.8 Å². The van der Waals surface area contributed by atoms with Crippen LogP contribution in [0, 0.1) is 0 Å². The number of hydrogen-bond acceptors (Lipinski definition) is 5. The van der Waals surface area contributed by atoms with Gasteiger partial charge in [-0.15, -0.1) is 0 Å². The Hall–Kier alpha value is -2.14. The lowest BCUT2D eigenvalue weighted by atomic mass is 10.0. The highest BCUT2D eigenvalue weighted by Crippen LogP contribution is 2.36. The molecule has 0 aliphatic rings. The molecule has 0 aliphatic carbocycles. The van der Waals surface area contributed by atoms with Crippen LogP contribution < -0.4 is 9.47 Å². The molecule has 0 fully saturated rings. The molecule has 0 aliphatic heterocycles. The Balaban J connectivity index is 2.55. The number of methoxy groups -OCH3 is 2. The Morgan fingerprint density at radius 3 is 2.52 bits per heavy atom. The number of aryl methyl sites for hydroxylation is 1. The molecule has 2 aromatic rings. The van der Waals surface area contributed by atoms with E-state index in [-0.39, 0.29) is 6.61 Å². The van der Waals surface area contributed by atoms with Crippen LogP contribution in [0.3, 0.4) is 0 Å². The minimum absolute atomic E-state index is 0.107. The Kier molecular flexibility index (Phi) is 5.11. The topological polar surface area (TPSA) is 64.5 Å². The minimum atomic E-state index is -0.107. The second-order valence-electron chi connectivity index (χ2n) is 4.67. The molecule has 1 N–H and O–H groups in total. The number of aliphatic hydroxyl groups excluding tert-OH is 1. The molecule has 5 nitrogen and oxygen atoms in total. The first-order valence-electron chi connectivity index (χ1n) is 6.90. The average molecular weight is 288 g/mol. The van der Waals surface area contributed by atoms with Gasteiger partial charge in [0.1, 0.15) is 6.33 Å². The van der Waals surface area contributed by atoms with Crippen LogP contribution in [0.2, 0.25) is 0 Å². The summed E-state index contributed by atoms with van der Waals surface area (Å²) < 4.78 is 10.9. The van der Waals surface area contributed by atoms with Gasteiger partial charge in [-0.3, -0.25) is 0 Å². The second-order valence-corrected chi connectivity index (χ2v) is 4.67. The summed E-state index contributed by atoms with van der Waals surface area (Å²) in [5.74, 6) is 1.45. The molecular weight excluding hydrogens is 268 g/mol. The van der Waals surface area contributed by atoms with E-state index in [4.69, 9.17) is 9.47 Å². The summed E-state index contributed by atoms with van der Waals surface area (Å²) in [4.78, 5) is 8.27. The summed E-state index contributed by atoms with van der Waals surface area (Å²) in [5, 5.41) is 9.20. The van der Waals surface area contributed by atoms with E-state index in [1.807, 2.05) is 12.1 Å². The third kappa shape index (κ3) is 3.31. The van der Waals surface area contributed by atoms with Gasteiger partial charge in [0, 0.05) is 5.56 Å². The summed E-state index contributed by atoms with van der Waals surface area (Å²) >= 11 is 0. The van der Waals surface area contributed by atoms with Gasteiger partial charge in [-0.2, -0.15) is 0 Å². The van der Waals surface area contributed by atoms with Crippen LogP contribution in [0.25, 0.3) is 11.3 Å². The van der Waals surface area contributed by atoms with Crippen molar-refractivity contribution in [1.82, 2.24) is 9.97 Å². The quantitative estimate of drug-likeness (QED) is 0.885. The van der Waals surface area contributed by atoms with Crippen LogP contribution in [0.15, 0.2) is 24.5 Å². The number of ether oxygens (including phenoxy) is 2. The van der Waals surface area contributed by atoms with E-state index in [0.717, 1.165) is 35.4 Å². The zero-order valence-electron chi connectivity index (χ0n) is 12.6. The fourth-order valence-corrected chi connectivity index (χ4v) is 2.29. The predicted octanol–water partition coefficient (Wildman–Crippen LogP) is 2.61. The molecule has 0 unspecified atom stereocenters. The molecule has 5 heteroatoms. The van der Waals surface area contributed by atoms with Crippen molar-refractivity contribution in [2.75, 3.05) is 14.2 Å². The maximum absolute atomic E-state index is 9.20. The third-order valence-corrected chi connectivity index (χ3v) is 3.26. The average Bonchev–Trinajstić information content (AvgIpc) is 2.54. The van der Waals surface area contributed by atoms with Gasteiger partial charge in [-0.1, -0.05) is 13.3 Å². The van der Waals surface area contributed by atoms with E-state index in [1.165, 1.54) is 6.33 Å². The smallest absolute Gasteiger partial charge is 0.163 e. The number of hydrogen-bond donors (Lipinski definition) is 1. The molecule has 0 radical (unpaired) electrons. The summed E-state index contributed by atoms with van der Waals surface area (Å²) in [6, 6.07) is 5.72. The van der Waals surface area contributed by atoms with E-state index >= 15 is 0 Å². The Morgan fingerprint density at radius 2 is 1.90 bits per heavy atom. The number of rotatable bonds is 6. The van der Waals surface area contributed by atoms with Crippen molar-refractivity contribution in [2.24, 2.45) is 0 Å². The van der Waals surface area contributed by atoms with Gasteiger partial charge in [0.05, 0.1) is 32.2 Å². The standard InChI is InChI=1S/C16H20N2O3/c1-4-5-11-6-12(7-15(20-2)16(11)21-3)14-8-13(9-19)17-10-18-14/h6-8,10,19H,4-5,9H2,1-3H3. The van der Waals surface area contributed by atoms with E-state index < -0.39 is 0 Å². The van der Waals surface area contributed by atoms with E-state index in [1.54, 1.807) is 20.3 Å². The van der Waals surface area contributed by atoms with Crippen LogP contribution >= 0.6 is 0 Å². The SMILES string of the molecule is CCCc1cc(-c2cc(CO)ncn2)cc(OC)c1OC. The molecule has 0 saturated carbocycles. The van der Waals surface area contributed by atoms with Gasteiger partial charge >= 0.3 is 0 Å². The van der Waals surface area contributed by atoms with Crippen molar-refractivity contribution < 1.29 is 14.6 Å². The van der Waals surface area contributed by atoms with Gasteiger partial charge in [0.2, 0.25) is 0 Å². The predicted molar refractivity (Wildman–Crippen MR) is 80.5 cm³/mol. The van der Waals surface area contributed by atoms with E-state index in [9.17, 15) is 5.11 Å². The van der Waals surface area contributed by atoms with Crippen LogP contribution in [-0.2, 0) is 13.0 Å². The van der Waals surface area contributed by atoms with Crippen LogP contribution in [-0.4, -0.2) is 29.3 Å². The maximum Gasteiger partial charge on any atom is 0.163 e. The van der Waals surface area contributed by atoms with Crippen molar-refractivity contribution in [2.45, 2.75) is 26.4 Å². The number of aromatic nitrogens is 2. The third-order valence-electron chi connectivity index (χ3n) is 3.26. The van der Waals surface area contributed by atoms with Gasteiger partial charge < -0.3 is 14.6 Å². The monoisotopic (exact) mass is 288 g/mol. The van der Waals surface area contributed by atoms with Crippen LogP contribution in [0.4, 0.5) is 0 Å². The molecule has 21 heavy (non-hydrogen) atoms. The van der Waals surface area contributed by atoms with Crippen LogP contribution in [0.5, 0.6) is 11.5 Å². The number of aliphatic hydroxyl groups is 1. The van der Waals surface area contributed by atoms with Gasteiger partial charge in [0.25, 0.3) is 0 Å². The summed E-state index contributed by atoms with van der Waals surface area (Å²) in [7, 11) is 3.27. The molecule has 112 valence electrons. The van der Waals surface area contributed by atoms with Gasteiger partial charge in [-0.05, 0) is 30.2 Å². The molecule has 0 saturated heterocycles. The molecule has 1 heterocycles. The number of nitrogens with zero attached hydrogens (tertiary/aromatic N) is 2. The highest BCUT2D eigenvalue weighted by molar-refractivity contribution is 5.66. The lowest BCUT2D eigenvalue weighted by Gasteiger charge is -2.14. The molecule has 0 amide bonds. The van der Waals surface area contributed by atoms with Gasteiger partial charge in [0.15, 0.2) is 11.5 Å². The van der Waals surface area contributed by atoms with Gasteiger partial charge in [-0.25, -0.2) is 9.97 Å². The highest BCUT2D eigenvalue weighted by Gasteiger charge is 2.13. The molecule has 1 aromatic heterocycles. The lowest BCUT2D eigenvalue weighted by molar-refractivity contribution is 0.276. The molecule has 0 bridgehead atoms. The second kappa shape index (κ2) is 7.04. The summed E-state index contributed by atoms with van der Waals surface area (Å²) in [6.45, 7) is 2.01. The zero-order chi connectivity index (χ0) is 15.2. The van der Waals surface area contributed by atoms with E-state index in [2.05, 4.69) is 16.9 Å². The summed E-state index contributed by atoms with van der Waals surface area (Å²) in [6.07, 6.45) is 3.36. The Bertz CT molecular complexity index is 614. The lowest BCUT2D eigenvalue weighted by Crippen LogP contribution is -1.99. The molecule has 1 aromatic carbocycles. The minimum Gasteiger partial charge on any atom is -0.493 e. The molecule has 2 rings (SSSR count). The van der Waals surface area contributed by atoms with Crippen molar-refractivity contribution >= 4 is 0 Å². The molecule has 0 atom stereocenters. The van der Waals surface area contributed by atoms with E-state index in [0.29, 0.717) is 11.4 Å². The fourth-order valence-electron chi connectivity index (χ4n) is 2.29. The highest BCUT2D eigenvalue weighted by atomic mass is 16.5. The largest absolute Gasteiger partial charge is 0.493 e.